The summed E-state index contributed by atoms with van der Waals surface area (Å²) in [4.78, 5) is 11.5. The van der Waals surface area contributed by atoms with Crippen LogP contribution in [-0.2, 0) is 0 Å². The highest BCUT2D eigenvalue weighted by Gasteiger charge is 2.16. The molecule has 0 atom stereocenters. The zero-order chi connectivity index (χ0) is 15.2. The van der Waals surface area contributed by atoms with Crippen molar-refractivity contribution in [2.24, 2.45) is 15.7 Å². The zero-order valence-corrected chi connectivity index (χ0v) is 12.5. The Bertz CT molecular complexity index is 656. The van der Waals surface area contributed by atoms with Gasteiger partial charge in [-0.25, -0.2) is 4.99 Å². The lowest BCUT2D eigenvalue weighted by atomic mass is 10.2. The number of hydrogen-bond donors (Lipinski definition) is 1. The quantitative estimate of drug-likeness (QED) is 0.682. The van der Waals surface area contributed by atoms with E-state index < -0.39 is 0 Å². The van der Waals surface area contributed by atoms with E-state index in [0.29, 0.717) is 11.8 Å². The molecule has 0 spiro atoms. The Labute approximate surface area is 131 Å². The van der Waals surface area contributed by atoms with E-state index in [1.165, 1.54) is 12.8 Å². The van der Waals surface area contributed by atoms with Crippen molar-refractivity contribution >= 4 is 17.5 Å². The van der Waals surface area contributed by atoms with Gasteiger partial charge in [0.1, 0.15) is 5.84 Å². The summed E-state index contributed by atoms with van der Waals surface area (Å²) in [5, 5.41) is 0. The average Bonchev–Trinajstić information content (AvgIpc) is 3.10. The van der Waals surface area contributed by atoms with Gasteiger partial charge in [-0.2, -0.15) is 4.99 Å². The Kier molecular flexibility index (Phi) is 4.49. The van der Waals surface area contributed by atoms with Gasteiger partial charge >= 0.3 is 0 Å². The van der Waals surface area contributed by atoms with E-state index in [9.17, 15) is 0 Å². The predicted molar refractivity (Wildman–Crippen MR) is 91.5 cm³/mol. The molecule has 0 aromatic heterocycles. The van der Waals surface area contributed by atoms with E-state index in [2.05, 4.69) is 14.9 Å². The number of amidine groups is 1. The van der Waals surface area contributed by atoms with E-state index in [-0.39, 0.29) is 0 Å². The van der Waals surface area contributed by atoms with Crippen LogP contribution in [0, 0.1) is 0 Å². The number of guanidine groups is 1. The summed E-state index contributed by atoms with van der Waals surface area (Å²) in [6.07, 6.45) is 2.35. The second-order valence-corrected chi connectivity index (χ2v) is 5.30. The number of nitrogens with two attached hydrogens (primary N) is 1. The van der Waals surface area contributed by atoms with Crippen LogP contribution >= 0.6 is 0 Å². The molecule has 2 aromatic rings. The SMILES string of the molecule is N/C(=N\C(=Nc1ccccc1)N1CCCC1)c1ccccc1. The molecule has 0 unspecified atom stereocenters. The summed E-state index contributed by atoms with van der Waals surface area (Å²) in [6.45, 7) is 1.97. The zero-order valence-electron chi connectivity index (χ0n) is 12.5. The Hall–Kier alpha value is -2.62. The number of aliphatic imine (C=N–C) groups is 2. The lowest BCUT2D eigenvalue weighted by Gasteiger charge is -2.17. The number of likely N-dealkylation sites (tertiary alicyclic amines) is 1. The van der Waals surface area contributed by atoms with Crippen LogP contribution in [0.5, 0.6) is 0 Å². The topological polar surface area (TPSA) is 54.0 Å². The average molecular weight is 292 g/mol. The summed E-state index contributed by atoms with van der Waals surface area (Å²) in [5.41, 5.74) is 7.98. The normalized spacial score (nSPS) is 16.1. The van der Waals surface area contributed by atoms with Crippen molar-refractivity contribution in [1.82, 2.24) is 4.90 Å². The van der Waals surface area contributed by atoms with Crippen molar-refractivity contribution in [3.8, 4) is 0 Å². The molecule has 4 heteroatoms. The van der Waals surface area contributed by atoms with Gasteiger partial charge in [-0.05, 0) is 25.0 Å². The maximum absolute atomic E-state index is 6.16. The summed E-state index contributed by atoms with van der Waals surface area (Å²) >= 11 is 0. The number of benzene rings is 2. The second kappa shape index (κ2) is 6.89. The van der Waals surface area contributed by atoms with Crippen LogP contribution in [0.2, 0.25) is 0 Å². The summed E-state index contributed by atoms with van der Waals surface area (Å²) in [5.74, 6) is 1.20. The van der Waals surface area contributed by atoms with Crippen molar-refractivity contribution < 1.29 is 0 Å². The molecule has 0 aliphatic carbocycles. The van der Waals surface area contributed by atoms with Crippen molar-refractivity contribution in [1.29, 1.82) is 0 Å². The van der Waals surface area contributed by atoms with Gasteiger partial charge in [-0.1, -0.05) is 48.5 Å². The van der Waals surface area contributed by atoms with Crippen molar-refractivity contribution in [3.63, 3.8) is 0 Å². The van der Waals surface area contributed by atoms with Crippen LogP contribution in [-0.4, -0.2) is 29.8 Å². The van der Waals surface area contributed by atoms with Crippen LogP contribution in [0.3, 0.4) is 0 Å². The van der Waals surface area contributed by atoms with Crippen molar-refractivity contribution in [3.05, 3.63) is 66.2 Å². The molecule has 2 N–H and O–H groups in total. The summed E-state index contributed by atoms with van der Waals surface area (Å²) in [7, 11) is 0. The lowest BCUT2D eigenvalue weighted by molar-refractivity contribution is 0.514. The molecule has 1 aliphatic heterocycles. The Morgan fingerprint density at radius 1 is 0.864 bits per heavy atom. The predicted octanol–water partition coefficient (Wildman–Crippen LogP) is 3.18. The van der Waals surface area contributed by atoms with E-state index >= 15 is 0 Å². The van der Waals surface area contributed by atoms with Crippen LogP contribution in [0.15, 0.2) is 70.6 Å². The highest BCUT2D eigenvalue weighted by atomic mass is 15.3. The smallest absolute Gasteiger partial charge is 0.227 e. The molecule has 112 valence electrons. The van der Waals surface area contributed by atoms with E-state index in [1.807, 2.05) is 60.7 Å². The summed E-state index contributed by atoms with van der Waals surface area (Å²) in [6, 6.07) is 19.7. The van der Waals surface area contributed by atoms with Crippen molar-refractivity contribution in [2.45, 2.75) is 12.8 Å². The van der Waals surface area contributed by atoms with Crippen LogP contribution in [0.1, 0.15) is 18.4 Å². The fourth-order valence-electron chi connectivity index (χ4n) is 2.48. The first kappa shape index (κ1) is 14.3. The third kappa shape index (κ3) is 3.52. The first-order valence-corrected chi connectivity index (χ1v) is 7.61. The van der Waals surface area contributed by atoms with Crippen LogP contribution in [0.4, 0.5) is 5.69 Å². The van der Waals surface area contributed by atoms with Gasteiger partial charge in [0.2, 0.25) is 5.96 Å². The molecule has 0 bridgehead atoms. The molecular formula is C18H20N4. The molecule has 1 saturated heterocycles. The van der Waals surface area contributed by atoms with Gasteiger partial charge in [0, 0.05) is 18.7 Å². The molecule has 0 saturated carbocycles. The maximum atomic E-state index is 6.16. The number of hydrogen-bond acceptors (Lipinski definition) is 1. The first-order valence-electron chi connectivity index (χ1n) is 7.61. The standard InChI is InChI=1S/C18H20N4/c19-17(15-9-3-1-4-10-15)21-18(22-13-7-8-14-22)20-16-11-5-2-6-12-16/h1-6,9-12H,7-8,13-14H2,(H2,19,20,21). The maximum Gasteiger partial charge on any atom is 0.227 e. The van der Waals surface area contributed by atoms with E-state index in [4.69, 9.17) is 5.73 Å². The molecule has 1 aliphatic rings. The first-order chi connectivity index (χ1) is 10.8. The molecular weight excluding hydrogens is 272 g/mol. The number of rotatable bonds is 2. The van der Waals surface area contributed by atoms with Crippen LogP contribution in [0.25, 0.3) is 0 Å². The Morgan fingerprint density at radius 2 is 1.45 bits per heavy atom. The summed E-state index contributed by atoms with van der Waals surface area (Å²) < 4.78 is 0. The van der Waals surface area contributed by atoms with Gasteiger partial charge < -0.3 is 10.6 Å². The van der Waals surface area contributed by atoms with Gasteiger partial charge in [0.05, 0.1) is 5.69 Å². The number of para-hydroxylation sites is 1. The van der Waals surface area contributed by atoms with E-state index in [0.717, 1.165) is 24.3 Å². The minimum absolute atomic E-state index is 0.502. The minimum atomic E-state index is 0.502. The molecule has 1 fully saturated rings. The molecule has 3 rings (SSSR count). The second-order valence-electron chi connectivity index (χ2n) is 5.30. The van der Waals surface area contributed by atoms with Gasteiger partial charge in [0.15, 0.2) is 0 Å². The fourth-order valence-corrected chi connectivity index (χ4v) is 2.48. The third-order valence-corrected chi connectivity index (χ3v) is 3.66. The van der Waals surface area contributed by atoms with Gasteiger partial charge in [-0.3, -0.25) is 0 Å². The molecule has 0 amide bonds. The Morgan fingerprint density at radius 3 is 2.09 bits per heavy atom. The van der Waals surface area contributed by atoms with Gasteiger partial charge in [-0.15, -0.1) is 0 Å². The van der Waals surface area contributed by atoms with Gasteiger partial charge in [0.25, 0.3) is 0 Å². The molecule has 22 heavy (non-hydrogen) atoms. The minimum Gasteiger partial charge on any atom is -0.383 e. The molecule has 0 radical (unpaired) electrons. The fraction of sp³-hybridized carbons (Fsp3) is 0.222. The molecule has 2 aromatic carbocycles. The van der Waals surface area contributed by atoms with Crippen LogP contribution < -0.4 is 5.73 Å². The highest BCUT2D eigenvalue weighted by Crippen LogP contribution is 2.16. The monoisotopic (exact) mass is 292 g/mol. The third-order valence-electron chi connectivity index (χ3n) is 3.66. The molecule has 1 heterocycles. The Balaban J connectivity index is 1.93. The van der Waals surface area contributed by atoms with Crippen molar-refractivity contribution in [2.75, 3.05) is 13.1 Å². The highest BCUT2D eigenvalue weighted by molar-refractivity contribution is 6.05. The molecule has 4 nitrogen and oxygen atoms in total. The number of nitrogens with zero attached hydrogens (tertiary/aromatic N) is 3. The van der Waals surface area contributed by atoms with E-state index in [1.54, 1.807) is 0 Å². The largest absolute Gasteiger partial charge is 0.383 e. The lowest BCUT2D eigenvalue weighted by Crippen LogP contribution is -2.29.